The van der Waals surface area contributed by atoms with Crippen molar-refractivity contribution in [1.82, 2.24) is 4.90 Å². The van der Waals surface area contributed by atoms with Gasteiger partial charge < -0.3 is 4.90 Å². The fourth-order valence-electron chi connectivity index (χ4n) is 2.18. The molecular weight excluding hydrogens is 295 g/mol. The zero-order valence-corrected chi connectivity index (χ0v) is 12.8. The molecule has 21 heavy (non-hydrogen) atoms. The fourth-order valence-corrected chi connectivity index (χ4v) is 3.28. The van der Waals surface area contributed by atoms with Gasteiger partial charge in [-0.15, -0.1) is 0 Å². The maximum absolute atomic E-state index is 13.8. The van der Waals surface area contributed by atoms with Crippen molar-refractivity contribution in [3.8, 4) is 0 Å². The predicted octanol–water partition coefficient (Wildman–Crippen LogP) is 3.09. The number of nitrogens with zero attached hydrogens (tertiary/aromatic N) is 2. The number of nitro groups is 1. The molecule has 7 heteroatoms. The molecule has 0 radical (unpaired) electrons. The zero-order valence-electron chi connectivity index (χ0n) is 12.0. The number of thioether (sulfide) groups is 1. The minimum absolute atomic E-state index is 0.0796. The molecule has 1 saturated heterocycles. The number of nitro benzene ring substituents is 1. The molecule has 1 aromatic rings. The van der Waals surface area contributed by atoms with E-state index in [0.717, 1.165) is 30.4 Å². The van der Waals surface area contributed by atoms with Gasteiger partial charge in [-0.2, -0.15) is 11.8 Å². The first-order valence-electron chi connectivity index (χ1n) is 6.67. The second-order valence-corrected chi connectivity index (χ2v) is 7.37. The van der Waals surface area contributed by atoms with Crippen LogP contribution >= 0.6 is 11.8 Å². The second kappa shape index (κ2) is 6.01. The maximum Gasteiger partial charge on any atom is 0.270 e. The monoisotopic (exact) mass is 312 g/mol. The molecule has 0 aromatic heterocycles. The van der Waals surface area contributed by atoms with Crippen LogP contribution in [0.4, 0.5) is 10.1 Å². The highest BCUT2D eigenvalue weighted by molar-refractivity contribution is 8.00. The summed E-state index contributed by atoms with van der Waals surface area (Å²) in [6.45, 7) is 5.27. The van der Waals surface area contributed by atoms with Gasteiger partial charge in [0.05, 0.1) is 10.5 Å². The lowest BCUT2D eigenvalue weighted by Gasteiger charge is -2.22. The maximum atomic E-state index is 13.8. The SMILES string of the molecule is CC1(C)CCN(C(=O)c2cc([N+](=O)[O-])ccc2F)CCS1. The number of carbonyl (C=O) groups is 1. The van der Waals surface area contributed by atoms with Crippen LogP contribution in [0.1, 0.15) is 30.6 Å². The number of non-ortho nitro benzene ring substituents is 1. The number of hydrogen-bond donors (Lipinski definition) is 0. The van der Waals surface area contributed by atoms with Gasteiger partial charge in [-0.25, -0.2) is 4.39 Å². The van der Waals surface area contributed by atoms with E-state index in [1.807, 2.05) is 0 Å². The van der Waals surface area contributed by atoms with E-state index in [2.05, 4.69) is 13.8 Å². The Hall–Kier alpha value is -1.63. The number of hydrogen-bond acceptors (Lipinski definition) is 4. The third kappa shape index (κ3) is 3.72. The Balaban J connectivity index is 2.23. The van der Waals surface area contributed by atoms with E-state index in [-0.39, 0.29) is 16.0 Å². The molecule has 1 aliphatic rings. The normalized spacial score (nSPS) is 18.1. The predicted molar refractivity (Wildman–Crippen MR) is 80.1 cm³/mol. The Morgan fingerprint density at radius 2 is 2.14 bits per heavy atom. The summed E-state index contributed by atoms with van der Waals surface area (Å²) in [7, 11) is 0. The Kier molecular flexibility index (Phi) is 4.51. The van der Waals surface area contributed by atoms with Gasteiger partial charge >= 0.3 is 0 Å². The third-order valence-electron chi connectivity index (χ3n) is 3.52. The number of benzene rings is 1. The summed E-state index contributed by atoms with van der Waals surface area (Å²) in [6.07, 6.45) is 0.806. The van der Waals surface area contributed by atoms with E-state index in [1.54, 1.807) is 16.7 Å². The van der Waals surface area contributed by atoms with Crippen LogP contribution in [0.15, 0.2) is 18.2 Å². The van der Waals surface area contributed by atoms with Crippen molar-refractivity contribution in [2.24, 2.45) is 0 Å². The molecule has 5 nitrogen and oxygen atoms in total. The second-order valence-electron chi connectivity index (χ2n) is 5.57. The molecule has 0 spiro atoms. The first-order valence-corrected chi connectivity index (χ1v) is 7.66. The topological polar surface area (TPSA) is 63.5 Å². The van der Waals surface area contributed by atoms with Crippen molar-refractivity contribution < 1.29 is 14.1 Å². The van der Waals surface area contributed by atoms with Gasteiger partial charge in [-0.05, 0) is 12.5 Å². The zero-order chi connectivity index (χ0) is 15.6. The van der Waals surface area contributed by atoms with E-state index in [9.17, 15) is 19.3 Å². The molecule has 1 heterocycles. The molecule has 0 saturated carbocycles. The average molecular weight is 312 g/mol. The summed E-state index contributed by atoms with van der Waals surface area (Å²) >= 11 is 1.77. The largest absolute Gasteiger partial charge is 0.338 e. The first kappa shape index (κ1) is 15.8. The minimum Gasteiger partial charge on any atom is -0.338 e. The number of carbonyl (C=O) groups excluding carboxylic acids is 1. The average Bonchev–Trinajstić information content (AvgIpc) is 2.59. The van der Waals surface area contributed by atoms with E-state index in [4.69, 9.17) is 0 Å². The lowest BCUT2D eigenvalue weighted by molar-refractivity contribution is -0.384. The number of amides is 1. The van der Waals surface area contributed by atoms with Gasteiger partial charge in [-0.3, -0.25) is 14.9 Å². The van der Waals surface area contributed by atoms with E-state index >= 15 is 0 Å². The molecule has 0 aliphatic carbocycles. The number of halogens is 1. The molecule has 114 valence electrons. The van der Waals surface area contributed by atoms with Crippen molar-refractivity contribution in [3.05, 3.63) is 39.7 Å². The lowest BCUT2D eigenvalue weighted by atomic mass is 10.1. The van der Waals surface area contributed by atoms with Gasteiger partial charge in [-0.1, -0.05) is 13.8 Å². The molecule has 1 fully saturated rings. The lowest BCUT2D eigenvalue weighted by Crippen LogP contribution is -2.34. The molecule has 1 amide bonds. The summed E-state index contributed by atoms with van der Waals surface area (Å²) in [5.41, 5.74) is -0.502. The molecular formula is C14H17FN2O3S. The van der Waals surface area contributed by atoms with Gasteiger partial charge in [0.2, 0.25) is 0 Å². The molecule has 0 bridgehead atoms. The van der Waals surface area contributed by atoms with Crippen LogP contribution in [0.25, 0.3) is 0 Å². The highest BCUT2D eigenvalue weighted by Crippen LogP contribution is 2.31. The summed E-state index contributed by atoms with van der Waals surface area (Å²) in [6, 6.07) is 3.05. The Bertz CT molecular complexity index is 577. The van der Waals surface area contributed by atoms with Gasteiger partial charge in [0.15, 0.2) is 0 Å². The molecule has 0 unspecified atom stereocenters. The van der Waals surface area contributed by atoms with E-state index < -0.39 is 16.6 Å². The van der Waals surface area contributed by atoms with Crippen molar-refractivity contribution in [2.45, 2.75) is 25.0 Å². The summed E-state index contributed by atoms with van der Waals surface area (Å²) < 4.78 is 13.9. The van der Waals surface area contributed by atoms with Crippen molar-refractivity contribution in [1.29, 1.82) is 0 Å². The summed E-state index contributed by atoms with van der Waals surface area (Å²) in [4.78, 5) is 24.1. The summed E-state index contributed by atoms with van der Waals surface area (Å²) in [5.74, 6) is -0.425. The Labute approximate surface area is 126 Å². The van der Waals surface area contributed by atoms with Gasteiger partial charge in [0, 0.05) is 35.7 Å². The van der Waals surface area contributed by atoms with Crippen molar-refractivity contribution in [3.63, 3.8) is 0 Å². The molecule has 0 N–H and O–H groups in total. The van der Waals surface area contributed by atoms with Crippen LogP contribution in [0.5, 0.6) is 0 Å². The Morgan fingerprint density at radius 3 is 2.81 bits per heavy atom. The molecule has 0 atom stereocenters. The smallest absolute Gasteiger partial charge is 0.270 e. The van der Waals surface area contributed by atoms with Crippen LogP contribution in [0.3, 0.4) is 0 Å². The van der Waals surface area contributed by atoms with E-state index in [0.29, 0.717) is 13.1 Å². The van der Waals surface area contributed by atoms with Crippen LogP contribution < -0.4 is 0 Å². The standard InChI is InChI=1S/C14H17FN2O3S/c1-14(2)5-6-16(7-8-21-14)13(18)11-9-10(17(19)20)3-4-12(11)15/h3-4,9H,5-8H2,1-2H3. The summed E-state index contributed by atoms with van der Waals surface area (Å²) in [5, 5.41) is 10.8. The van der Waals surface area contributed by atoms with Crippen molar-refractivity contribution in [2.75, 3.05) is 18.8 Å². The van der Waals surface area contributed by atoms with Crippen LogP contribution in [-0.4, -0.2) is 39.3 Å². The highest BCUT2D eigenvalue weighted by atomic mass is 32.2. The van der Waals surface area contributed by atoms with Crippen LogP contribution in [0, 0.1) is 15.9 Å². The quantitative estimate of drug-likeness (QED) is 0.622. The van der Waals surface area contributed by atoms with Crippen LogP contribution in [-0.2, 0) is 0 Å². The van der Waals surface area contributed by atoms with Gasteiger partial charge in [0.1, 0.15) is 5.82 Å². The third-order valence-corrected chi connectivity index (χ3v) is 4.89. The van der Waals surface area contributed by atoms with Gasteiger partial charge in [0.25, 0.3) is 11.6 Å². The minimum atomic E-state index is -0.721. The molecule has 2 rings (SSSR count). The fraction of sp³-hybridized carbons (Fsp3) is 0.500. The molecule has 1 aromatic carbocycles. The number of rotatable bonds is 2. The van der Waals surface area contributed by atoms with Crippen LogP contribution in [0.2, 0.25) is 0 Å². The van der Waals surface area contributed by atoms with E-state index in [1.165, 1.54) is 0 Å². The first-order chi connectivity index (χ1) is 9.80. The molecule has 1 aliphatic heterocycles. The van der Waals surface area contributed by atoms with Crippen molar-refractivity contribution >= 4 is 23.4 Å². The highest BCUT2D eigenvalue weighted by Gasteiger charge is 2.28. The Morgan fingerprint density at radius 1 is 1.43 bits per heavy atom.